The van der Waals surface area contributed by atoms with Crippen molar-refractivity contribution in [3.05, 3.63) is 113 Å². The van der Waals surface area contributed by atoms with Crippen LogP contribution in [0.3, 0.4) is 0 Å². The van der Waals surface area contributed by atoms with Gasteiger partial charge in [0.1, 0.15) is 17.3 Å². The number of aliphatic hydroxyl groups is 1. The lowest BCUT2D eigenvalue weighted by molar-refractivity contribution is -0.139. The number of fused-ring (bicyclic) bond motifs is 1. The number of nitrogens with zero attached hydrogens (tertiary/aromatic N) is 1. The highest BCUT2D eigenvalue weighted by molar-refractivity contribution is 6.46. The van der Waals surface area contributed by atoms with Crippen LogP contribution in [-0.2, 0) is 16.0 Å². The van der Waals surface area contributed by atoms with Crippen LogP contribution in [0.5, 0.6) is 11.5 Å². The number of hydrogen-bond acceptors (Lipinski definition) is 5. The van der Waals surface area contributed by atoms with E-state index in [1.165, 1.54) is 4.90 Å². The van der Waals surface area contributed by atoms with Crippen molar-refractivity contribution in [2.24, 2.45) is 0 Å². The third-order valence-electron chi connectivity index (χ3n) is 6.77. The molecule has 1 aliphatic heterocycles. The summed E-state index contributed by atoms with van der Waals surface area (Å²) in [7, 11) is 3.17. The molecule has 1 N–H and O–H groups in total. The second kappa shape index (κ2) is 10.2. The van der Waals surface area contributed by atoms with E-state index in [0.29, 0.717) is 29.8 Å². The van der Waals surface area contributed by atoms with E-state index in [1.807, 2.05) is 72.8 Å². The van der Waals surface area contributed by atoms with Gasteiger partial charge in [0.25, 0.3) is 11.7 Å². The van der Waals surface area contributed by atoms with Gasteiger partial charge in [0.15, 0.2) is 0 Å². The van der Waals surface area contributed by atoms with Gasteiger partial charge in [0.2, 0.25) is 0 Å². The number of methoxy groups -OCH3 is 2. The molecule has 186 valence electrons. The summed E-state index contributed by atoms with van der Waals surface area (Å²) in [4.78, 5) is 28.2. The van der Waals surface area contributed by atoms with Crippen molar-refractivity contribution in [2.75, 3.05) is 20.8 Å². The third-order valence-corrected chi connectivity index (χ3v) is 6.77. The molecule has 1 amide bonds. The van der Waals surface area contributed by atoms with Crippen LogP contribution in [0.1, 0.15) is 22.7 Å². The first-order chi connectivity index (χ1) is 18.0. The lowest BCUT2D eigenvalue weighted by Gasteiger charge is -2.25. The Morgan fingerprint density at radius 2 is 1.54 bits per heavy atom. The maximum Gasteiger partial charge on any atom is 0.295 e. The smallest absolute Gasteiger partial charge is 0.295 e. The number of ether oxygens (including phenoxy) is 2. The molecule has 1 atom stereocenters. The molecule has 37 heavy (non-hydrogen) atoms. The third kappa shape index (κ3) is 4.66. The fourth-order valence-corrected chi connectivity index (χ4v) is 4.80. The summed E-state index contributed by atoms with van der Waals surface area (Å²) in [5.41, 5.74) is 2.25. The van der Waals surface area contributed by atoms with Crippen LogP contribution in [-0.4, -0.2) is 42.5 Å². The molecule has 1 unspecified atom stereocenters. The number of ketones is 1. The lowest BCUT2D eigenvalue weighted by atomic mass is 9.94. The number of hydrogen-bond donors (Lipinski definition) is 1. The van der Waals surface area contributed by atoms with E-state index in [9.17, 15) is 14.7 Å². The molecular weight excluding hydrogens is 466 g/mol. The van der Waals surface area contributed by atoms with Gasteiger partial charge in [-0.05, 0) is 58.7 Å². The van der Waals surface area contributed by atoms with E-state index in [0.717, 1.165) is 22.1 Å². The van der Waals surface area contributed by atoms with Gasteiger partial charge in [-0.1, -0.05) is 60.7 Å². The average molecular weight is 494 g/mol. The first kappa shape index (κ1) is 24.1. The lowest BCUT2D eigenvalue weighted by Crippen LogP contribution is -2.31. The van der Waals surface area contributed by atoms with Crippen molar-refractivity contribution >= 4 is 28.2 Å². The van der Waals surface area contributed by atoms with Crippen molar-refractivity contribution in [1.82, 2.24) is 4.90 Å². The Hall–Kier alpha value is -4.58. The summed E-state index contributed by atoms with van der Waals surface area (Å²) in [6.07, 6.45) is 0.535. The van der Waals surface area contributed by atoms with E-state index < -0.39 is 17.7 Å². The van der Waals surface area contributed by atoms with Gasteiger partial charge >= 0.3 is 0 Å². The van der Waals surface area contributed by atoms with Crippen LogP contribution in [0, 0.1) is 0 Å². The van der Waals surface area contributed by atoms with Gasteiger partial charge in [-0.15, -0.1) is 0 Å². The van der Waals surface area contributed by atoms with Crippen LogP contribution < -0.4 is 9.47 Å². The predicted molar refractivity (Wildman–Crippen MR) is 143 cm³/mol. The zero-order chi connectivity index (χ0) is 25.9. The van der Waals surface area contributed by atoms with Crippen molar-refractivity contribution in [3.8, 4) is 11.5 Å². The Balaban J connectivity index is 1.58. The average Bonchev–Trinajstić information content (AvgIpc) is 3.20. The Morgan fingerprint density at radius 3 is 2.27 bits per heavy atom. The van der Waals surface area contributed by atoms with Crippen molar-refractivity contribution in [2.45, 2.75) is 12.5 Å². The van der Waals surface area contributed by atoms with Gasteiger partial charge in [-0.2, -0.15) is 0 Å². The molecule has 0 spiro atoms. The molecule has 1 saturated heterocycles. The number of rotatable bonds is 7. The quantitative estimate of drug-likeness (QED) is 0.208. The minimum atomic E-state index is -0.750. The second-order valence-corrected chi connectivity index (χ2v) is 8.93. The Kier molecular flexibility index (Phi) is 6.64. The maximum absolute atomic E-state index is 13.4. The van der Waals surface area contributed by atoms with Gasteiger partial charge in [-0.25, -0.2) is 0 Å². The summed E-state index contributed by atoms with van der Waals surface area (Å²) < 4.78 is 10.6. The summed E-state index contributed by atoms with van der Waals surface area (Å²) in [5.74, 6) is -0.180. The molecular formula is C31H27NO5. The topological polar surface area (TPSA) is 76.1 Å². The highest BCUT2D eigenvalue weighted by atomic mass is 16.5. The monoisotopic (exact) mass is 493 g/mol. The van der Waals surface area contributed by atoms with Crippen molar-refractivity contribution < 1.29 is 24.2 Å². The van der Waals surface area contributed by atoms with Gasteiger partial charge in [0, 0.05) is 12.1 Å². The van der Waals surface area contributed by atoms with Gasteiger partial charge < -0.3 is 19.5 Å². The first-order valence-corrected chi connectivity index (χ1v) is 12.0. The van der Waals surface area contributed by atoms with Crippen LogP contribution >= 0.6 is 0 Å². The van der Waals surface area contributed by atoms with Crippen molar-refractivity contribution in [1.29, 1.82) is 0 Å². The summed E-state index contributed by atoms with van der Waals surface area (Å²) in [6, 6.07) is 27.4. The van der Waals surface area contributed by atoms with E-state index >= 15 is 0 Å². The second-order valence-electron chi connectivity index (χ2n) is 8.93. The SMILES string of the molecule is COc1ccc(CCN2C(=O)C(=O)/C(=C(\O)c3ccc4ccccc4c3)C2c2cccc(OC)c2)cc1. The minimum absolute atomic E-state index is 0.0725. The van der Waals surface area contributed by atoms with E-state index in [2.05, 4.69) is 0 Å². The molecule has 4 aromatic carbocycles. The Morgan fingerprint density at radius 1 is 0.811 bits per heavy atom. The molecule has 5 rings (SSSR count). The molecule has 0 aromatic heterocycles. The number of Topliss-reactive ketones (excluding diaryl/α,β-unsaturated/α-hetero) is 1. The molecule has 0 aliphatic carbocycles. The van der Waals surface area contributed by atoms with Gasteiger partial charge in [0.05, 0.1) is 25.8 Å². The Labute approximate surface area is 215 Å². The van der Waals surface area contributed by atoms with Crippen LogP contribution in [0.15, 0.2) is 96.6 Å². The van der Waals surface area contributed by atoms with Crippen LogP contribution in [0.25, 0.3) is 16.5 Å². The zero-order valence-corrected chi connectivity index (χ0v) is 20.7. The van der Waals surface area contributed by atoms with Crippen molar-refractivity contribution in [3.63, 3.8) is 0 Å². The molecule has 6 heteroatoms. The summed E-state index contributed by atoms with van der Waals surface area (Å²) in [5, 5.41) is 13.4. The fourth-order valence-electron chi connectivity index (χ4n) is 4.80. The predicted octanol–water partition coefficient (Wildman–Crippen LogP) is 5.52. The molecule has 4 aromatic rings. The highest BCUT2D eigenvalue weighted by Crippen LogP contribution is 2.40. The van der Waals surface area contributed by atoms with E-state index in [-0.39, 0.29) is 11.3 Å². The number of benzene rings is 4. The molecule has 0 radical (unpaired) electrons. The van der Waals surface area contributed by atoms with E-state index in [4.69, 9.17) is 9.47 Å². The van der Waals surface area contributed by atoms with Crippen LogP contribution in [0.4, 0.5) is 0 Å². The normalized spacial score (nSPS) is 16.8. The van der Waals surface area contributed by atoms with Crippen LogP contribution in [0.2, 0.25) is 0 Å². The maximum atomic E-state index is 13.4. The number of amides is 1. The first-order valence-electron chi connectivity index (χ1n) is 12.0. The summed E-state index contributed by atoms with van der Waals surface area (Å²) in [6.45, 7) is 0.299. The molecule has 1 heterocycles. The number of carbonyl (C=O) groups excluding carboxylic acids is 2. The standard InChI is InChI=1S/C31H27NO5/c1-36-25-14-10-20(11-15-25)16-17-32-28(23-8-5-9-26(19-23)37-2)27(30(34)31(32)35)29(33)24-13-12-21-6-3-4-7-22(21)18-24/h3-15,18-19,28,33H,16-17H2,1-2H3/b29-27-. The molecule has 1 fully saturated rings. The zero-order valence-electron chi connectivity index (χ0n) is 20.7. The molecule has 6 nitrogen and oxygen atoms in total. The Bertz CT molecular complexity index is 1510. The summed E-state index contributed by atoms with van der Waals surface area (Å²) >= 11 is 0. The molecule has 0 saturated carbocycles. The number of aliphatic hydroxyl groups excluding tert-OH is 1. The fraction of sp³-hybridized carbons (Fsp3) is 0.161. The van der Waals surface area contributed by atoms with Gasteiger partial charge in [-0.3, -0.25) is 9.59 Å². The largest absolute Gasteiger partial charge is 0.507 e. The highest BCUT2D eigenvalue weighted by Gasteiger charge is 2.46. The van der Waals surface area contributed by atoms with E-state index in [1.54, 1.807) is 32.4 Å². The number of likely N-dealkylation sites (tertiary alicyclic amines) is 1. The number of carbonyl (C=O) groups is 2. The minimum Gasteiger partial charge on any atom is -0.507 e. The molecule has 0 bridgehead atoms. The molecule has 1 aliphatic rings.